The van der Waals surface area contributed by atoms with Gasteiger partial charge in [0.1, 0.15) is 16.3 Å². The van der Waals surface area contributed by atoms with E-state index < -0.39 is 40.6 Å². The van der Waals surface area contributed by atoms with E-state index in [1.165, 1.54) is 11.0 Å². The number of esters is 1. The summed E-state index contributed by atoms with van der Waals surface area (Å²) in [6.07, 6.45) is 2.66. The number of thiophene rings is 1. The van der Waals surface area contributed by atoms with Crippen LogP contribution in [-0.2, 0) is 29.1 Å². The summed E-state index contributed by atoms with van der Waals surface area (Å²) >= 11 is 1.02. The molecule has 9 nitrogen and oxygen atoms in total. The Morgan fingerprint density at radius 1 is 1.16 bits per heavy atom. The van der Waals surface area contributed by atoms with Crippen LogP contribution >= 0.6 is 11.3 Å². The monoisotopic (exact) mass is 463 g/mol. The molecule has 1 aromatic heterocycles. The van der Waals surface area contributed by atoms with Gasteiger partial charge < -0.3 is 10.1 Å². The van der Waals surface area contributed by atoms with Crippen LogP contribution in [0, 0.1) is 0 Å². The summed E-state index contributed by atoms with van der Waals surface area (Å²) in [6, 6.07) is 9.98. The summed E-state index contributed by atoms with van der Waals surface area (Å²) in [5.74, 6) is -1.66. The summed E-state index contributed by atoms with van der Waals surface area (Å²) in [4.78, 5) is 39.5. The molecule has 2 N–H and O–H groups in total. The second-order valence-electron chi connectivity index (χ2n) is 7.36. The van der Waals surface area contributed by atoms with Crippen LogP contribution in [0.15, 0.2) is 46.0 Å². The molecule has 4 rings (SSSR count). The summed E-state index contributed by atoms with van der Waals surface area (Å²) in [5, 5.41) is 4.48. The number of rotatable bonds is 6. The number of para-hydroxylation sites is 2. The van der Waals surface area contributed by atoms with Gasteiger partial charge in [-0.25, -0.2) is 8.42 Å². The Balaban J connectivity index is 1.44. The van der Waals surface area contributed by atoms with Crippen LogP contribution in [0.25, 0.3) is 0 Å². The van der Waals surface area contributed by atoms with E-state index >= 15 is 0 Å². The van der Waals surface area contributed by atoms with Crippen LogP contribution < -0.4 is 14.9 Å². The highest BCUT2D eigenvalue weighted by Gasteiger charge is 2.52. The maximum Gasteiger partial charge on any atom is 0.321 e. The van der Waals surface area contributed by atoms with Gasteiger partial charge >= 0.3 is 5.97 Å². The zero-order chi connectivity index (χ0) is 22.1. The largest absolute Gasteiger partial charge is 0.455 e. The first-order chi connectivity index (χ1) is 14.8. The summed E-state index contributed by atoms with van der Waals surface area (Å²) in [6.45, 7) is -1.20. The highest BCUT2D eigenvalue weighted by molar-refractivity contribution is 7.91. The van der Waals surface area contributed by atoms with Gasteiger partial charge in [-0.3, -0.25) is 19.3 Å². The van der Waals surface area contributed by atoms with Crippen molar-refractivity contribution in [2.45, 2.75) is 35.4 Å². The van der Waals surface area contributed by atoms with Crippen molar-refractivity contribution in [2.75, 3.05) is 23.4 Å². The van der Waals surface area contributed by atoms with Crippen LogP contribution in [0.2, 0.25) is 0 Å². The number of hydrogen-bond donors (Lipinski definition) is 2. The lowest BCUT2D eigenvalue weighted by Gasteiger charge is -2.44. The number of nitrogens with one attached hydrogen (secondary N) is 2. The number of nitrogens with zero attached hydrogens (tertiary/aromatic N) is 1. The van der Waals surface area contributed by atoms with Crippen LogP contribution in [0.3, 0.4) is 0 Å². The molecule has 31 heavy (non-hydrogen) atoms. The standard InChI is InChI=1S/C20H21N3O6S2/c24-16(13-29-17(25)12-21-31(27,28)18-8-5-11-30-18)23-15-7-2-1-6-14(15)22-19(26)20(23)9-3-4-10-20/h1-2,5-8,11,21H,3-4,9-10,12-13H2,(H,22,26). The van der Waals surface area contributed by atoms with Gasteiger partial charge in [-0.05, 0) is 36.4 Å². The normalized spacial score (nSPS) is 17.3. The summed E-state index contributed by atoms with van der Waals surface area (Å²) in [5.41, 5.74) is 0.0790. The molecule has 0 bridgehead atoms. The lowest BCUT2D eigenvalue weighted by Crippen LogP contribution is -2.61. The number of ether oxygens (including phenoxy) is 1. The number of anilines is 2. The van der Waals surface area contributed by atoms with Crippen LogP contribution in [0.1, 0.15) is 25.7 Å². The zero-order valence-corrected chi connectivity index (χ0v) is 18.1. The smallest absolute Gasteiger partial charge is 0.321 e. The fourth-order valence-corrected chi connectivity index (χ4v) is 6.03. The number of hydrogen-bond acceptors (Lipinski definition) is 7. The third-order valence-electron chi connectivity index (χ3n) is 5.45. The van der Waals surface area contributed by atoms with Crippen molar-refractivity contribution >= 4 is 50.5 Å². The average Bonchev–Trinajstić information content (AvgIpc) is 3.45. The maximum absolute atomic E-state index is 13.1. The molecule has 11 heteroatoms. The van der Waals surface area contributed by atoms with Gasteiger partial charge in [-0.2, -0.15) is 4.72 Å². The van der Waals surface area contributed by atoms with E-state index in [9.17, 15) is 22.8 Å². The van der Waals surface area contributed by atoms with Gasteiger partial charge in [0, 0.05) is 0 Å². The highest BCUT2D eigenvalue weighted by atomic mass is 32.2. The van der Waals surface area contributed by atoms with E-state index in [1.807, 2.05) is 0 Å². The summed E-state index contributed by atoms with van der Waals surface area (Å²) < 4.78 is 31.5. The number of carbonyl (C=O) groups is 3. The van der Waals surface area contributed by atoms with Gasteiger partial charge in [0.15, 0.2) is 6.61 Å². The van der Waals surface area contributed by atoms with Gasteiger partial charge in [0.05, 0.1) is 11.4 Å². The van der Waals surface area contributed by atoms with Gasteiger partial charge in [-0.1, -0.05) is 31.0 Å². The molecular formula is C20H21N3O6S2. The molecule has 1 spiro atoms. The Bertz CT molecular complexity index is 1110. The molecule has 2 amide bonds. The Morgan fingerprint density at radius 2 is 1.90 bits per heavy atom. The number of sulfonamides is 1. The zero-order valence-electron chi connectivity index (χ0n) is 16.5. The molecule has 0 saturated heterocycles. The van der Waals surface area contributed by atoms with Crippen molar-refractivity contribution in [1.29, 1.82) is 0 Å². The molecule has 2 aliphatic rings. The third-order valence-corrected chi connectivity index (χ3v) is 8.25. The van der Waals surface area contributed by atoms with E-state index in [0.29, 0.717) is 24.2 Å². The number of carbonyl (C=O) groups excluding carboxylic acids is 3. The van der Waals surface area contributed by atoms with Crippen molar-refractivity contribution in [3.05, 3.63) is 41.8 Å². The van der Waals surface area contributed by atoms with Crippen molar-refractivity contribution < 1.29 is 27.5 Å². The van der Waals surface area contributed by atoms with E-state index in [0.717, 1.165) is 24.2 Å². The molecule has 1 aromatic carbocycles. The van der Waals surface area contributed by atoms with E-state index in [4.69, 9.17) is 4.74 Å². The Morgan fingerprint density at radius 3 is 2.61 bits per heavy atom. The topological polar surface area (TPSA) is 122 Å². The lowest BCUT2D eigenvalue weighted by atomic mass is 9.90. The first kappa shape index (κ1) is 21.5. The maximum atomic E-state index is 13.1. The highest BCUT2D eigenvalue weighted by Crippen LogP contribution is 2.45. The number of amides is 2. The first-order valence-electron chi connectivity index (χ1n) is 9.76. The van der Waals surface area contributed by atoms with Crippen molar-refractivity contribution in [3.8, 4) is 0 Å². The molecule has 2 aromatic rings. The van der Waals surface area contributed by atoms with E-state index in [2.05, 4.69) is 10.0 Å². The SMILES string of the molecule is O=C(CNS(=O)(=O)c1cccs1)OCC(=O)N1c2ccccc2NC(=O)C12CCCC2. The molecule has 1 fully saturated rings. The Kier molecular flexibility index (Phi) is 5.82. The molecular weight excluding hydrogens is 442 g/mol. The fourth-order valence-electron chi connectivity index (χ4n) is 4.03. The van der Waals surface area contributed by atoms with Gasteiger partial charge in [0.2, 0.25) is 0 Å². The quantitative estimate of drug-likeness (QED) is 0.631. The predicted molar refractivity (Wildman–Crippen MR) is 114 cm³/mol. The van der Waals surface area contributed by atoms with Crippen molar-refractivity contribution in [2.24, 2.45) is 0 Å². The van der Waals surface area contributed by atoms with Gasteiger partial charge in [0.25, 0.3) is 21.8 Å². The molecule has 0 radical (unpaired) electrons. The minimum Gasteiger partial charge on any atom is -0.455 e. The number of benzene rings is 1. The van der Waals surface area contributed by atoms with Crippen molar-refractivity contribution in [1.82, 2.24) is 4.72 Å². The van der Waals surface area contributed by atoms with Gasteiger partial charge in [-0.15, -0.1) is 11.3 Å². The van der Waals surface area contributed by atoms with E-state index in [1.54, 1.807) is 35.7 Å². The van der Waals surface area contributed by atoms with Crippen LogP contribution in [-0.4, -0.2) is 44.9 Å². The third kappa shape index (κ3) is 4.08. The molecule has 2 heterocycles. The Labute approximate surface area is 183 Å². The van der Waals surface area contributed by atoms with E-state index in [-0.39, 0.29) is 10.1 Å². The predicted octanol–water partition coefficient (Wildman–Crippen LogP) is 1.87. The van der Waals surface area contributed by atoms with Crippen LogP contribution in [0.5, 0.6) is 0 Å². The molecule has 164 valence electrons. The Hall–Kier alpha value is -2.76. The molecule has 0 atom stereocenters. The minimum absolute atomic E-state index is 0.0792. The molecule has 1 aliphatic carbocycles. The second kappa shape index (κ2) is 8.40. The lowest BCUT2D eigenvalue weighted by molar-refractivity contribution is -0.147. The average molecular weight is 464 g/mol. The molecule has 0 unspecified atom stereocenters. The minimum atomic E-state index is -3.82. The molecule has 1 aliphatic heterocycles. The summed E-state index contributed by atoms with van der Waals surface area (Å²) in [7, 11) is -3.82. The van der Waals surface area contributed by atoms with Crippen LogP contribution in [0.4, 0.5) is 11.4 Å². The number of fused-ring (bicyclic) bond motifs is 1. The second-order valence-corrected chi connectivity index (χ2v) is 10.3. The van der Waals surface area contributed by atoms with Crippen molar-refractivity contribution in [3.63, 3.8) is 0 Å². The fraction of sp³-hybridized carbons (Fsp3) is 0.350. The molecule has 1 saturated carbocycles. The first-order valence-corrected chi connectivity index (χ1v) is 12.1.